The molecule has 2 rings (SSSR count). The van der Waals surface area contributed by atoms with E-state index in [-0.39, 0.29) is 11.7 Å². The van der Waals surface area contributed by atoms with Gasteiger partial charge in [-0.1, -0.05) is 11.8 Å². The minimum absolute atomic E-state index is 0.259. The van der Waals surface area contributed by atoms with Crippen LogP contribution in [0.3, 0.4) is 0 Å². The number of anilines is 1. The summed E-state index contributed by atoms with van der Waals surface area (Å²) in [5.74, 6) is 0.324. The Labute approximate surface area is 96.3 Å². The van der Waals surface area contributed by atoms with Gasteiger partial charge in [-0.2, -0.15) is 0 Å². The summed E-state index contributed by atoms with van der Waals surface area (Å²) in [4.78, 5) is 19.4. The third kappa shape index (κ3) is 2.40. The normalized spacial score (nSPS) is 10.1. The third-order valence-corrected chi connectivity index (χ3v) is 2.43. The van der Waals surface area contributed by atoms with Crippen molar-refractivity contribution >= 4 is 23.5 Å². The zero-order valence-corrected chi connectivity index (χ0v) is 9.32. The number of carbonyl (C=O) groups is 1. The molecule has 1 N–H and O–H groups in total. The zero-order chi connectivity index (χ0) is 11.4. The fourth-order valence-electron chi connectivity index (χ4n) is 1.09. The van der Waals surface area contributed by atoms with Crippen molar-refractivity contribution in [1.82, 2.24) is 9.97 Å². The molecule has 0 saturated heterocycles. The van der Waals surface area contributed by atoms with Gasteiger partial charge in [-0.05, 0) is 18.4 Å². The van der Waals surface area contributed by atoms with Crippen LogP contribution in [-0.4, -0.2) is 22.1 Å². The summed E-state index contributed by atoms with van der Waals surface area (Å²) in [5.41, 5.74) is 0. The van der Waals surface area contributed by atoms with Gasteiger partial charge >= 0.3 is 0 Å². The SMILES string of the molecule is CSc1ccc(C(=O)Nc2cnccn2)o1. The molecular formula is C10H9N3O2S. The molecule has 0 aromatic carbocycles. The van der Waals surface area contributed by atoms with Gasteiger partial charge < -0.3 is 9.73 Å². The maximum Gasteiger partial charge on any atom is 0.292 e. The van der Waals surface area contributed by atoms with Gasteiger partial charge in [-0.3, -0.25) is 9.78 Å². The number of nitrogens with zero attached hydrogens (tertiary/aromatic N) is 2. The maximum absolute atomic E-state index is 11.7. The van der Waals surface area contributed by atoms with Gasteiger partial charge in [0.2, 0.25) is 0 Å². The highest BCUT2D eigenvalue weighted by molar-refractivity contribution is 7.98. The Balaban J connectivity index is 2.09. The summed E-state index contributed by atoms with van der Waals surface area (Å²) in [6.45, 7) is 0. The van der Waals surface area contributed by atoms with Crippen LogP contribution in [0, 0.1) is 0 Å². The second-order valence-electron chi connectivity index (χ2n) is 2.87. The van der Waals surface area contributed by atoms with Crippen LogP contribution in [0.15, 0.2) is 40.2 Å². The molecule has 0 saturated carbocycles. The van der Waals surface area contributed by atoms with Crippen LogP contribution in [0.5, 0.6) is 0 Å². The van der Waals surface area contributed by atoms with Crippen LogP contribution in [0.2, 0.25) is 0 Å². The van der Waals surface area contributed by atoms with E-state index in [1.165, 1.54) is 30.4 Å². The second kappa shape index (κ2) is 4.80. The van der Waals surface area contributed by atoms with Crippen LogP contribution in [0.25, 0.3) is 0 Å². The summed E-state index contributed by atoms with van der Waals surface area (Å²) >= 11 is 1.44. The first kappa shape index (κ1) is 10.7. The highest BCUT2D eigenvalue weighted by Crippen LogP contribution is 2.18. The van der Waals surface area contributed by atoms with Crippen molar-refractivity contribution < 1.29 is 9.21 Å². The van der Waals surface area contributed by atoms with Crippen LogP contribution < -0.4 is 5.32 Å². The highest BCUT2D eigenvalue weighted by atomic mass is 32.2. The average Bonchev–Trinajstić information content (AvgIpc) is 2.79. The molecule has 0 aliphatic carbocycles. The first-order valence-electron chi connectivity index (χ1n) is 4.51. The number of amides is 1. The van der Waals surface area contributed by atoms with Crippen LogP contribution >= 0.6 is 11.8 Å². The Morgan fingerprint density at radius 2 is 2.31 bits per heavy atom. The topological polar surface area (TPSA) is 68.0 Å². The molecule has 2 aromatic heterocycles. The predicted molar refractivity (Wildman–Crippen MR) is 60.5 cm³/mol. The second-order valence-corrected chi connectivity index (χ2v) is 3.68. The molecule has 0 unspecified atom stereocenters. The quantitative estimate of drug-likeness (QED) is 0.824. The van der Waals surface area contributed by atoms with Gasteiger partial charge in [0, 0.05) is 12.4 Å². The number of thioether (sulfide) groups is 1. The van der Waals surface area contributed by atoms with E-state index in [1.807, 2.05) is 6.26 Å². The number of carbonyl (C=O) groups excluding carboxylic acids is 1. The molecule has 0 radical (unpaired) electrons. The summed E-state index contributed by atoms with van der Waals surface area (Å²) in [7, 11) is 0. The molecule has 0 bridgehead atoms. The van der Waals surface area contributed by atoms with Crippen molar-refractivity contribution in [2.45, 2.75) is 5.09 Å². The Morgan fingerprint density at radius 1 is 1.44 bits per heavy atom. The van der Waals surface area contributed by atoms with E-state index in [2.05, 4.69) is 15.3 Å². The Hall–Kier alpha value is -1.82. The lowest BCUT2D eigenvalue weighted by Crippen LogP contribution is -2.11. The van der Waals surface area contributed by atoms with Crippen molar-refractivity contribution in [3.8, 4) is 0 Å². The van der Waals surface area contributed by atoms with Crippen LogP contribution in [0.1, 0.15) is 10.6 Å². The van der Waals surface area contributed by atoms with Crippen molar-refractivity contribution in [2.24, 2.45) is 0 Å². The van der Waals surface area contributed by atoms with Gasteiger partial charge in [0.1, 0.15) is 0 Å². The van der Waals surface area contributed by atoms with Gasteiger partial charge in [0.05, 0.1) is 6.20 Å². The van der Waals surface area contributed by atoms with E-state index in [1.54, 1.807) is 12.1 Å². The van der Waals surface area contributed by atoms with Crippen LogP contribution in [-0.2, 0) is 0 Å². The lowest BCUT2D eigenvalue weighted by Gasteiger charge is -2.00. The molecule has 5 nitrogen and oxygen atoms in total. The average molecular weight is 235 g/mol. The number of rotatable bonds is 3. The lowest BCUT2D eigenvalue weighted by molar-refractivity contribution is 0.0991. The summed E-state index contributed by atoms with van der Waals surface area (Å²) < 4.78 is 5.27. The van der Waals surface area contributed by atoms with Crippen LogP contribution in [0.4, 0.5) is 5.82 Å². The maximum atomic E-state index is 11.7. The fraction of sp³-hybridized carbons (Fsp3) is 0.100. The highest BCUT2D eigenvalue weighted by Gasteiger charge is 2.11. The minimum atomic E-state index is -0.333. The van der Waals surface area contributed by atoms with E-state index in [9.17, 15) is 4.79 Å². The van der Waals surface area contributed by atoms with Crippen molar-refractivity contribution in [3.63, 3.8) is 0 Å². The van der Waals surface area contributed by atoms with E-state index < -0.39 is 0 Å². The number of hydrogen-bond acceptors (Lipinski definition) is 5. The van der Waals surface area contributed by atoms with Gasteiger partial charge in [-0.25, -0.2) is 4.98 Å². The van der Waals surface area contributed by atoms with Crippen molar-refractivity contribution in [2.75, 3.05) is 11.6 Å². The smallest absolute Gasteiger partial charge is 0.292 e. The molecule has 0 aliphatic rings. The first-order chi connectivity index (χ1) is 7.79. The fourth-order valence-corrected chi connectivity index (χ4v) is 1.47. The monoisotopic (exact) mass is 235 g/mol. The number of furan rings is 1. The van der Waals surface area contributed by atoms with Gasteiger partial charge in [0.25, 0.3) is 5.91 Å². The van der Waals surface area contributed by atoms with E-state index >= 15 is 0 Å². The Kier molecular flexibility index (Phi) is 3.21. The van der Waals surface area contributed by atoms with Gasteiger partial charge in [0.15, 0.2) is 16.7 Å². The molecule has 0 spiro atoms. The first-order valence-corrected chi connectivity index (χ1v) is 5.73. The molecule has 2 heterocycles. The van der Waals surface area contributed by atoms with Crippen molar-refractivity contribution in [1.29, 1.82) is 0 Å². The number of aromatic nitrogens is 2. The predicted octanol–water partition coefficient (Wildman–Crippen LogP) is 2.04. The standard InChI is InChI=1S/C10H9N3O2S/c1-16-9-3-2-7(15-9)10(14)13-8-6-11-4-5-12-8/h2-6H,1H3,(H,12,13,14). The molecule has 6 heteroatoms. The minimum Gasteiger partial charge on any atom is -0.445 e. The van der Waals surface area contributed by atoms with Crippen molar-refractivity contribution in [3.05, 3.63) is 36.5 Å². The Bertz CT molecular complexity index is 484. The molecule has 0 fully saturated rings. The molecule has 2 aromatic rings. The van der Waals surface area contributed by atoms with E-state index in [0.717, 1.165) is 0 Å². The Morgan fingerprint density at radius 3 is 2.94 bits per heavy atom. The summed E-state index contributed by atoms with van der Waals surface area (Å²) in [5, 5.41) is 3.28. The molecule has 0 aliphatic heterocycles. The number of nitrogens with one attached hydrogen (secondary N) is 1. The lowest BCUT2D eigenvalue weighted by atomic mass is 10.4. The van der Waals surface area contributed by atoms with E-state index in [4.69, 9.17) is 4.42 Å². The summed E-state index contributed by atoms with van der Waals surface area (Å²) in [6.07, 6.45) is 6.39. The largest absolute Gasteiger partial charge is 0.445 e. The molecule has 16 heavy (non-hydrogen) atoms. The molecule has 0 atom stereocenters. The van der Waals surface area contributed by atoms with E-state index in [0.29, 0.717) is 10.9 Å². The molecule has 82 valence electrons. The molecular weight excluding hydrogens is 226 g/mol. The van der Waals surface area contributed by atoms with Gasteiger partial charge in [-0.15, -0.1) is 0 Å². The third-order valence-electron chi connectivity index (χ3n) is 1.81. The molecule has 1 amide bonds. The zero-order valence-electron chi connectivity index (χ0n) is 8.51. The summed E-state index contributed by atoms with van der Waals surface area (Å²) in [6, 6.07) is 3.37. The number of hydrogen-bond donors (Lipinski definition) is 1.